The fraction of sp³-hybridized carbons (Fsp3) is 0.909. The van der Waals surface area contributed by atoms with Gasteiger partial charge in [0.1, 0.15) is 12.4 Å². The Morgan fingerprint density at radius 1 is 1.43 bits per heavy atom. The standard InChI is InChI=1S/C11H18O2S/c1-11(6-3-7-14-11)10-5-2-4-9(8-12)13-10/h8-10H,2-7H2,1H3. The third-order valence-corrected chi connectivity index (χ3v) is 5.00. The number of ether oxygens (including phenoxy) is 1. The average molecular weight is 214 g/mol. The molecule has 2 heterocycles. The molecule has 0 N–H and O–H groups in total. The molecule has 3 unspecified atom stereocenters. The minimum absolute atomic E-state index is 0.133. The zero-order valence-electron chi connectivity index (χ0n) is 8.70. The molecule has 2 nitrogen and oxygen atoms in total. The van der Waals surface area contributed by atoms with Crippen molar-refractivity contribution in [1.82, 2.24) is 0 Å². The minimum atomic E-state index is -0.133. The number of carbonyl (C=O) groups is 1. The van der Waals surface area contributed by atoms with E-state index in [1.54, 1.807) is 0 Å². The van der Waals surface area contributed by atoms with Crippen LogP contribution in [0.2, 0.25) is 0 Å². The molecule has 2 aliphatic rings. The van der Waals surface area contributed by atoms with Crippen molar-refractivity contribution in [3.8, 4) is 0 Å². The fourth-order valence-corrected chi connectivity index (χ4v) is 3.86. The summed E-state index contributed by atoms with van der Waals surface area (Å²) in [5, 5.41) is 0. The molecule has 0 bridgehead atoms. The Labute approximate surface area is 89.8 Å². The van der Waals surface area contributed by atoms with Crippen LogP contribution in [0.1, 0.15) is 39.0 Å². The number of hydrogen-bond acceptors (Lipinski definition) is 3. The molecular weight excluding hydrogens is 196 g/mol. The first-order valence-electron chi connectivity index (χ1n) is 5.49. The van der Waals surface area contributed by atoms with Crippen molar-refractivity contribution >= 4 is 18.0 Å². The molecule has 0 aromatic heterocycles. The zero-order chi connectivity index (χ0) is 10.0. The van der Waals surface area contributed by atoms with Crippen LogP contribution < -0.4 is 0 Å². The van der Waals surface area contributed by atoms with E-state index < -0.39 is 0 Å². The maximum absolute atomic E-state index is 10.7. The maximum Gasteiger partial charge on any atom is 0.148 e. The summed E-state index contributed by atoms with van der Waals surface area (Å²) in [6, 6.07) is 0. The van der Waals surface area contributed by atoms with Crippen LogP contribution in [0.15, 0.2) is 0 Å². The van der Waals surface area contributed by atoms with Crippen LogP contribution >= 0.6 is 11.8 Å². The minimum Gasteiger partial charge on any atom is -0.366 e. The summed E-state index contributed by atoms with van der Waals surface area (Å²) < 4.78 is 6.11. The number of hydrogen-bond donors (Lipinski definition) is 0. The summed E-state index contributed by atoms with van der Waals surface area (Å²) in [5.74, 6) is 1.25. The molecule has 2 aliphatic heterocycles. The van der Waals surface area contributed by atoms with Crippen molar-refractivity contribution in [3.05, 3.63) is 0 Å². The van der Waals surface area contributed by atoms with Gasteiger partial charge in [0.05, 0.1) is 6.10 Å². The molecule has 2 fully saturated rings. The van der Waals surface area contributed by atoms with Crippen molar-refractivity contribution in [2.24, 2.45) is 0 Å². The largest absolute Gasteiger partial charge is 0.366 e. The third-order valence-electron chi connectivity index (χ3n) is 3.38. The molecular formula is C11H18O2S. The molecule has 3 heteroatoms. The van der Waals surface area contributed by atoms with Crippen LogP contribution in [0.4, 0.5) is 0 Å². The summed E-state index contributed by atoms with van der Waals surface area (Å²) in [4.78, 5) is 10.7. The van der Waals surface area contributed by atoms with E-state index in [9.17, 15) is 4.79 Å². The summed E-state index contributed by atoms with van der Waals surface area (Å²) in [5.41, 5.74) is 0. The van der Waals surface area contributed by atoms with Gasteiger partial charge in [0.25, 0.3) is 0 Å². The zero-order valence-corrected chi connectivity index (χ0v) is 9.52. The lowest BCUT2D eigenvalue weighted by atomic mass is 9.91. The van der Waals surface area contributed by atoms with Gasteiger partial charge in [-0.2, -0.15) is 11.8 Å². The van der Waals surface area contributed by atoms with Crippen molar-refractivity contribution in [3.63, 3.8) is 0 Å². The van der Waals surface area contributed by atoms with Crippen LogP contribution in [0.5, 0.6) is 0 Å². The number of thioether (sulfide) groups is 1. The van der Waals surface area contributed by atoms with E-state index in [1.807, 2.05) is 11.8 Å². The lowest BCUT2D eigenvalue weighted by Gasteiger charge is -2.37. The first kappa shape index (κ1) is 10.5. The monoisotopic (exact) mass is 214 g/mol. The molecule has 80 valence electrons. The van der Waals surface area contributed by atoms with Crippen LogP contribution in [-0.4, -0.2) is 29.0 Å². The highest BCUT2D eigenvalue weighted by Crippen LogP contribution is 2.44. The summed E-state index contributed by atoms with van der Waals surface area (Å²) in [6.45, 7) is 2.29. The van der Waals surface area contributed by atoms with Gasteiger partial charge in [-0.3, -0.25) is 0 Å². The normalized spacial score (nSPS) is 43.8. The van der Waals surface area contributed by atoms with Crippen LogP contribution in [0.3, 0.4) is 0 Å². The Kier molecular flexibility index (Phi) is 3.17. The summed E-state index contributed by atoms with van der Waals surface area (Å²) in [6.07, 6.45) is 6.87. The molecule has 2 rings (SSSR count). The second-order valence-corrected chi connectivity index (χ2v) is 6.12. The molecule has 0 spiro atoms. The van der Waals surface area contributed by atoms with E-state index in [1.165, 1.54) is 18.6 Å². The predicted octanol–water partition coefficient (Wildman–Crippen LogP) is 2.41. The van der Waals surface area contributed by atoms with Gasteiger partial charge < -0.3 is 9.53 Å². The topological polar surface area (TPSA) is 26.3 Å². The van der Waals surface area contributed by atoms with Gasteiger partial charge in [0, 0.05) is 4.75 Å². The van der Waals surface area contributed by atoms with E-state index in [0.717, 1.165) is 25.5 Å². The Morgan fingerprint density at radius 2 is 2.29 bits per heavy atom. The van der Waals surface area contributed by atoms with Crippen molar-refractivity contribution in [2.75, 3.05) is 5.75 Å². The second-order valence-electron chi connectivity index (χ2n) is 4.49. The Morgan fingerprint density at radius 3 is 2.93 bits per heavy atom. The van der Waals surface area contributed by atoms with Crippen molar-refractivity contribution in [1.29, 1.82) is 0 Å². The number of aldehydes is 1. The van der Waals surface area contributed by atoms with Gasteiger partial charge in [0.2, 0.25) is 0 Å². The van der Waals surface area contributed by atoms with Crippen LogP contribution in [0.25, 0.3) is 0 Å². The van der Waals surface area contributed by atoms with E-state index in [4.69, 9.17) is 4.74 Å². The highest BCUT2D eigenvalue weighted by molar-refractivity contribution is 8.00. The predicted molar refractivity (Wildman–Crippen MR) is 58.7 cm³/mol. The Hall–Kier alpha value is -0.0200. The Bertz CT molecular complexity index is 211. The van der Waals surface area contributed by atoms with E-state index in [0.29, 0.717) is 6.10 Å². The second kappa shape index (κ2) is 4.23. The Balaban J connectivity index is 1.99. The highest BCUT2D eigenvalue weighted by Gasteiger charge is 2.40. The molecule has 0 aromatic carbocycles. The van der Waals surface area contributed by atoms with E-state index >= 15 is 0 Å². The van der Waals surface area contributed by atoms with Gasteiger partial charge in [-0.15, -0.1) is 0 Å². The lowest BCUT2D eigenvalue weighted by molar-refractivity contribution is -0.128. The van der Waals surface area contributed by atoms with Gasteiger partial charge in [-0.25, -0.2) is 0 Å². The van der Waals surface area contributed by atoms with Gasteiger partial charge in [0.15, 0.2) is 0 Å². The first-order valence-corrected chi connectivity index (χ1v) is 6.48. The van der Waals surface area contributed by atoms with Crippen LogP contribution in [-0.2, 0) is 9.53 Å². The molecule has 0 aliphatic carbocycles. The third kappa shape index (κ3) is 1.98. The van der Waals surface area contributed by atoms with Crippen molar-refractivity contribution < 1.29 is 9.53 Å². The average Bonchev–Trinajstić information content (AvgIpc) is 2.67. The highest BCUT2D eigenvalue weighted by atomic mass is 32.2. The van der Waals surface area contributed by atoms with Gasteiger partial charge in [-0.05, 0) is 44.8 Å². The SMILES string of the molecule is CC1(C2CCCC(C=O)O2)CCCS1. The molecule has 0 amide bonds. The molecule has 14 heavy (non-hydrogen) atoms. The van der Waals surface area contributed by atoms with E-state index in [-0.39, 0.29) is 10.9 Å². The smallest absolute Gasteiger partial charge is 0.148 e. The quantitative estimate of drug-likeness (QED) is 0.660. The number of carbonyl (C=O) groups excluding carboxylic acids is 1. The first-order chi connectivity index (χ1) is 6.74. The molecule has 0 radical (unpaired) electrons. The molecule has 2 saturated heterocycles. The summed E-state index contributed by atoms with van der Waals surface area (Å²) >= 11 is 2.02. The van der Waals surface area contributed by atoms with Crippen molar-refractivity contribution in [2.45, 2.75) is 56.0 Å². The van der Waals surface area contributed by atoms with E-state index in [2.05, 4.69) is 6.92 Å². The van der Waals surface area contributed by atoms with Crippen LogP contribution in [0, 0.1) is 0 Å². The molecule has 0 aromatic rings. The maximum atomic E-state index is 10.7. The number of rotatable bonds is 2. The fourth-order valence-electron chi connectivity index (χ4n) is 2.46. The summed E-state index contributed by atoms with van der Waals surface area (Å²) in [7, 11) is 0. The van der Waals surface area contributed by atoms with Gasteiger partial charge in [-0.1, -0.05) is 0 Å². The van der Waals surface area contributed by atoms with Gasteiger partial charge >= 0.3 is 0 Å². The molecule has 3 atom stereocenters. The lowest BCUT2D eigenvalue weighted by Crippen LogP contribution is -2.42. The molecule has 0 saturated carbocycles.